The van der Waals surface area contributed by atoms with Gasteiger partial charge in [-0.2, -0.15) is 0 Å². The molecule has 1 N–H and O–H groups in total. The summed E-state index contributed by atoms with van der Waals surface area (Å²) in [5.41, 5.74) is 2.90. The molecule has 0 atom stereocenters. The maximum Gasteiger partial charge on any atom is 0.228 e. The smallest absolute Gasteiger partial charge is 0.228 e. The third kappa shape index (κ3) is 2.95. The fourth-order valence-corrected chi connectivity index (χ4v) is 3.52. The summed E-state index contributed by atoms with van der Waals surface area (Å²) in [5.74, 6) is 1.33. The molecular weight excluding hydrogens is 346 g/mol. The SMILES string of the molecule is O=C(Nc1cc2c(C3CC3)nc(-c3ccccc3Cl)cc2cn1)C1CC1. The summed E-state index contributed by atoms with van der Waals surface area (Å²) in [6.07, 6.45) is 6.09. The van der Waals surface area contributed by atoms with E-state index in [9.17, 15) is 4.79 Å². The van der Waals surface area contributed by atoms with E-state index < -0.39 is 0 Å². The fraction of sp³-hybridized carbons (Fsp3) is 0.286. The zero-order chi connectivity index (χ0) is 17.7. The molecule has 0 unspecified atom stereocenters. The third-order valence-corrected chi connectivity index (χ3v) is 5.39. The molecule has 0 spiro atoms. The Morgan fingerprint density at radius 2 is 1.92 bits per heavy atom. The van der Waals surface area contributed by atoms with Crippen molar-refractivity contribution >= 4 is 34.1 Å². The number of nitrogens with one attached hydrogen (secondary N) is 1. The Kier molecular flexibility index (Phi) is 3.68. The van der Waals surface area contributed by atoms with E-state index in [1.807, 2.05) is 42.6 Å². The predicted molar refractivity (Wildman–Crippen MR) is 103 cm³/mol. The topological polar surface area (TPSA) is 54.9 Å². The number of rotatable bonds is 4. The first-order valence-corrected chi connectivity index (χ1v) is 9.43. The van der Waals surface area contributed by atoms with Gasteiger partial charge in [0.15, 0.2) is 0 Å². The van der Waals surface area contributed by atoms with Crippen LogP contribution in [-0.4, -0.2) is 15.9 Å². The van der Waals surface area contributed by atoms with Gasteiger partial charge in [0, 0.05) is 39.4 Å². The van der Waals surface area contributed by atoms with Gasteiger partial charge in [0.05, 0.1) is 11.4 Å². The molecule has 3 aromatic rings. The van der Waals surface area contributed by atoms with Crippen LogP contribution < -0.4 is 5.32 Å². The van der Waals surface area contributed by atoms with Crippen LogP contribution in [0.15, 0.2) is 42.6 Å². The maximum absolute atomic E-state index is 12.0. The largest absolute Gasteiger partial charge is 0.310 e. The standard InChI is InChI=1S/C21H18ClN3O/c22-17-4-2-1-3-15(17)18-9-14-11-23-19(25-21(26)13-7-8-13)10-16(14)20(24-18)12-5-6-12/h1-4,9-13H,5-8H2,(H,23,25,26). The highest BCUT2D eigenvalue weighted by Gasteiger charge is 2.30. The normalized spacial score (nSPS) is 16.7. The molecule has 2 saturated carbocycles. The number of nitrogens with zero attached hydrogens (tertiary/aromatic N) is 2. The van der Waals surface area contributed by atoms with E-state index in [4.69, 9.17) is 16.6 Å². The Balaban J connectivity index is 1.60. The van der Waals surface area contributed by atoms with Crippen molar-refractivity contribution < 1.29 is 4.79 Å². The number of hydrogen-bond donors (Lipinski definition) is 1. The summed E-state index contributed by atoms with van der Waals surface area (Å²) >= 11 is 6.37. The van der Waals surface area contributed by atoms with Crippen LogP contribution in [0.1, 0.15) is 37.3 Å². The van der Waals surface area contributed by atoms with Gasteiger partial charge in [0.25, 0.3) is 0 Å². The van der Waals surface area contributed by atoms with Gasteiger partial charge in [-0.05, 0) is 43.9 Å². The summed E-state index contributed by atoms with van der Waals surface area (Å²) in [7, 11) is 0. The lowest BCUT2D eigenvalue weighted by molar-refractivity contribution is -0.117. The second-order valence-corrected chi connectivity index (χ2v) is 7.61. The van der Waals surface area contributed by atoms with Gasteiger partial charge in [0.2, 0.25) is 5.91 Å². The molecule has 4 nitrogen and oxygen atoms in total. The molecule has 2 aromatic heterocycles. The lowest BCUT2D eigenvalue weighted by Crippen LogP contribution is -2.14. The Bertz CT molecular complexity index is 1020. The van der Waals surface area contributed by atoms with Crippen molar-refractivity contribution in [2.45, 2.75) is 31.6 Å². The zero-order valence-electron chi connectivity index (χ0n) is 14.2. The molecule has 1 amide bonds. The minimum atomic E-state index is 0.0745. The van der Waals surface area contributed by atoms with Gasteiger partial charge in [-0.25, -0.2) is 4.98 Å². The molecule has 26 heavy (non-hydrogen) atoms. The number of halogens is 1. The number of carbonyl (C=O) groups is 1. The summed E-state index contributed by atoms with van der Waals surface area (Å²) < 4.78 is 0. The van der Waals surface area contributed by atoms with E-state index >= 15 is 0 Å². The first-order chi connectivity index (χ1) is 12.7. The number of aromatic nitrogens is 2. The van der Waals surface area contributed by atoms with E-state index in [1.54, 1.807) is 0 Å². The van der Waals surface area contributed by atoms with Crippen LogP contribution >= 0.6 is 11.6 Å². The molecule has 0 aliphatic heterocycles. The molecule has 0 saturated heterocycles. The Labute approximate surface area is 156 Å². The van der Waals surface area contributed by atoms with Gasteiger partial charge in [0.1, 0.15) is 5.82 Å². The van der Waals surface area contributed by atoms with Crippen LogP contribution in [0, 0.1) is 5.92 Å². The molecule has 0 radical (unpaired) electrons. The molecule has 5 rings (SSSR count). The zero-order valence-corrected chi connectivity index (χ0v) is 15.0. The monoisotopic (exact) mass is 363 g/mol. The van der Waals surface area contributed by atoms with E-state index in [1.165, 1.54) is 0 Å². The first kappa shape index (κ1) is 15.8. The fourth-order valence-electron chi connectivity index (χ4n) is 3.29. The number of pyridine rings is 2. The highest BCUT2D eigenvalue weighted by molar-refractivity contribution is 6.33. The second-order valence-electron chi connectivity index (χ2n) is 7.20. The first-order valence-electron chi connectivity index (χ1n) is 9.05. The van der Waals surface area contributed by atoms with Gasteiger partial charge in [-0.3, -0.25) is 9.78 Å². The summed E-state index contributed by atoms with van der Waals surface area (Å²) in [5, 5.41) is 5.74. The lowest BCUT2D eigenvalue weighted by Gasteiger charge is -2.11. The Morgan fingerprint density at radius 3 is 2.65 bits per heavy atom. The maximum atomic E-state index is 12.0. The Morgan fingerprint density at radius 1 is 1.12 bits per heavy atom. The van der Waals surface area contributed by atoms with Crippen molar-refractivity contribution in [3.8, 4) is 11.3 Å². The van der Waals surface area contributed by atoms with Crippen LogP contribution in [0.25, 0.3) is 22.0 Å². The highest BCUT2D eigenvalue weighted by atomic mass is 35.5. The molecule has 2 fully saturated rings. The van der Waals surface area contributed by atoms with Crippen molar-refractivity contribution in [1.29, 1.82) is 0 Å². The lowest BCUT2D eigenvalue weighted by atomic mass is 10.0. The molecule has 2 aliphatic carbocycles. The summed E-state index contributed by atoms with van der Waals surface area (Å²) in [6, 6.07) is 11.8. The number of benzene rings is 1. The van der Waals surface area contributed by atoms with Crippen molar-refractivity contribution in [1.82, 2.24) is 9.97 Å². The van der Waals surface area contributed by atoms with Crippen molar-refractivity contribution in [2.24, 2.45) is 5.92 Å². The predicted octanol–water partition coefficient (Wildman–Crippen LogP) is 5.18. The number of hydrogen-bond acceptors (Lipinski definition) is 3. The van der Waals surface area contributed by atoms with E-state index in [-0.39, 0.29) is 11.8 Å². The van der Waals surface area contributed by atoms with Crippen LogP contribution in [0.3, 0.4) is 0 Å². The number of anilines is 1. The summed E-state index contributed by atoms with van der Waals surface area (Å²) in [6.45, 7) is 0. The van der Waals surface area contributed by atoms with Crippen LogP contribution in [0.4, 0.5) is 5.82 Å². The van der Waals surface area contributed by atoms with Crippen LogP contribution in [0.5, 0.6) is 0 Å². The quantitative estimate of drug-likeness (QED) is 0.695. The molecule has 130 valence electrons. The average molecular weight is 364 g/mol. The minimum Gasteiger partial charge on any atom is -0.310 e. The number of carbonyl (C=O) groups excluding carboxylic acids is 1. The number of fused-ring (bicyclic) bond motifs is 1. The van der Waals surface area contributed by atoms with E-state index in [0.29, 0.717) is 16.8 Å². The van der Waals surface area contributed by atoms with Gasteiger partial charge < -0.3 is 5.32 Å². The van der Waals surface area contributed by atoms with Crippen molar-refractivity contribution in [3.05, 3.63) is 53.3 Å². The molecule has 1 aromatic carbocycles. The van der Waals surface area contributed by atoms with Gasteiger partial charge >= 0.3 is 0 Å². The van der Waals surface area contributed by atoms with Gasteiger partial charge in [-0.1, -0.05) is 29.8 Å². The van der Waals surface area contributed by atoms with Crippen molar-refractivity contribution in [3.63, 3.8) is 0 Å². The molecule has 2 heterocycles. The van der Waals surface area contributed by atoms with Crippen LogP contribution in [0.2, 0.25) is 5.02 Å². The van der Waals surface area contributed by atoms with Crippen molar-refractivity contribution in [2.75, 3.05) is 5.32 Å². The highest BCUT2D eigenvalue weighted by Crippen LogP contribution is 2.43. The third-order valence-electron chi connectivity index (χ3n) is 5.06. The molecule has 5 heteroatoms. The van der Waals surface area contributed by atoms with Crippen LogP contribution in [-0.2, 0) is 4.79 Å². The molecule has 0 bridgehead atoms. The summed E-state index contributed by atoms with van der Waals surface area (Å²) in [4.78, 5) is 21.4. The minimum absolute atomic E-state index is 0.0745. The number of amides is 1. The van der Waals surface area contributed by atoms with Gasteiger partial charge in [-0.15, -0.1) is 0 Å². The second kappa shape index (κ2) is 6.06. The Hall–Kier alpha value is -2.46. The molecular formula is C21H18ClN3O. The average Bonchev–Trinajstić information content (AvgIpc) is 3.54. The van der Waals surface area contributed by atoms with E-state index in [0.717, 1.165) is 53.4 Å². The molecule has 2 aliphatic rings. The van der Waals surface area contributed by atoms with E-state index in [2.05, 4.69) is 10.3 Å².